The van der Waals surface area contributed by atoms with Crippen LogP contribution in [-0.4, -0.2) is 71.8 Å². The lowest BCUT2D eigenvalue weighted by Gasteiger charge is -2.36. The number of hydrogen-bond acceptors (Lipinski definition) is 4. The third-order valence-corrected chi connectivity index (χ3v) is 4.12. The van der Waals surface area contributed by atoms with Crippen molar-refractivity contribution in [1.82, 2.24) is 9.80 Å². The van der Waals surface area contributed by atoms with Crippen LogP contribution in [0.2, 0.25) is 0 Å². The first kappa shape index (κ1) is 14.8. The fourth-order valence-electron chi connectivity index (χ4n) is 3.07. The van der Waals surface area contributed by atoms with Crippen LogP contribution in [0.5, 0.6) is 0 Å². The molecule has 0 spiro atoms. The molecule has 1 amide bonds. The molecular formula is C14H26N2O3. The molecule has 2 rings (SSSR count). The molecule has 0 aliphatic carbocycles. The summed E-state index contributed by atoms with van der Waals surface area (Å²) >= 11 is 0. The normalized spacial score (nSPS) is 34.5. The van der Waals surface area contributed by atoms with Crippen molar-refractivity contribution in [2.45, 2.75) is 45.5 Å². The lowest BCUT2D eigenvalue weighted by Crippen LogP contribution is -2.50. The maximum absolute atomic E-state index is 12.3. The van der Waals surface area contributed by atoms with E-state index in [9.17, 15) is 9.90 Å². The van der Waals surface area contributed by atoms with E-state index in [4.69, 9.17) is 4.74 Å². The van der Waals surface area contributed by atoms with Gasteiger partial charge in [0.2, 0.25) is 5.91 Å². The second-order valence-corrected chi connectivity index (χ2v) is 6.08. The number of carbonyl (C=O) groups excluding carboxylic acids is 1. The molecule has 19 heavy (non-hydrogen) atoms. The van der Waals surface area contributed by atoms with Crippen LogP contribution in [0, 0.1) is 5.92 Å². The Balaban J connectivity index is 1.81. The van der Waals surface area contributed by atoms with Crippen molar-refractivity contribution in [3.63, 3.8) is 0 Å². The molecule has 0 aromatic carbocycles. The molecule has 0 bridgehead atoms. The average molecular weight is 270 g/mol. The monoisotopic (exact) mass is 270 g/mol. The topological polar surface area (TPSA) is 53.0 Å². The van der Waals surface area contributed by atoms with Gasteiger partial charge in [0.25, 0.3) is 0 Å². The van der Waals surface area contributed by atoms with E-state index in [1.54, 1.807) is 0 Å². The zero-order valence-corrected chi connectivity index (χ0v) is 12.2. The first-order chi connectivity index (χ1) is 8.95. The quantitative estimate of drug-likeness (QED) is 0.803. The van der Waals surface area contributed by atoms with Crippen LogP contribution in [-0.2, 0) is 9.53 Å². The summed E-state index contributed by atoms with van der Waals surface area (Å²) in [6.45, 7) is 9.46. The Bertz CT molecular complexity index is 312. The molecule has 5 heteroatoms. The van der Waals surface area contributed by atoms with Crippen molar-refractivity contribution in [3.8, 4) is 0 Å². The predicted octanol–water partition coefficient (Wildman–Crippen LogP) is 0.325. The highest BCUT2D eigenvalue weighted by atomic mass is 16.5. The fourth-order valence-corrected chi connectivity index (χ4v) is 3.07. The molecular weight excluding hydrogens is 244 g/mol. The Kier molecular flexibility index (Phi) is 4.81. The third-order valence-electron chi connectivity index (χ3n) is 4.12. The van der Waals surface area contributed by atoms with Gasteiger partial charge in [-0.15, -0.1) is 0 Å². The highest BCUT2D eigenvalue weighted by Gasteiger charge is 2.30. The number of rotatable bonds is 3. The summed E-state index contributed by atoms with van der Waals surface area (Å²) in [5, 5.41) is 9.58. The smallest absolute Gasteiger partial charge is 0.236 e. The van der Waals surface area contributed by atoms with Crippen LogP contribution in [0.15, 0.2) is 0 Å². The van der Waals surface area contributed by atoms with Crippen LogP contribution in [0.25, 0.3) is 0 Å². The van der Waals surface area contributed by atoms with Gasteiger partial charge in [-0.3, -0.25) is 9.69 Å². The third kappa shape index (κ3) is 3.91. The molecule has 0 aromatic heterocycles. The number of ether oxygens (including phenoxy) is 1. The number of hydrogen-bond donors (Lipinski definition) is 1. The molecule has 0 saturated carbocycles. The second kappa shape index (κ2) is 6.20. The summed E-state index contributed by atoms with van der Waals surface area (Å²) in [5.41, 5.74) is 0. The minimum atomic E-state index is -0.275. The molecule has 5 nitrogen and oxygen atoms in total. The Morgan fingerprint density at radius 3 is 2.47 bits per heavy atom. The number of carbonyl (C=O) groups is 1. The van der Waals surface area contributed by atoms with Crippen LogP contribution in [0.4, 0.5) is 0 Å². The fraction of sp³-hybridized carbons (Fsp3) is 0.929. The summed E-state index contributed by atoms with van der Waals surface area (Å²) in [6, 6.07) is 0. The van der Waals surface area contributed by atoms with Gasteiger partial charge in [-0.2, -0.15) is 0 Å². The number of aliphatic hydroxyl groups excluding tert-OH is 1. The Hall–Kier alpha value is -0.650. The molecule has 1 N–H and O–H groups in total. The lowest BCUT2D eigenvalue weighted by atomic mass is 10.0. The van der Waals surface area contributed by atoms with E-state index in [1.165, 1.54) is 0 Å². The van der Waals surface area contributed by atoms with Crippen LogP contribution >= 0.6 is 0 Å². The second-order valence-electron chi connectivity index (χ2n) is 6.08. The van der Waals surface area contributed by atoms with Crippen LogP contribution in [0.1, 0.15) is 27.2 Å². The average Bonchev–Trinajstić information content (AvgIpc) is 2.76. The summed E-state index contributed by atoms with van der Waals surface area (Å²) in [6.07, 6.45) is 0.956. The number of likely N-dealkylation sites (tertiary alicyclic amines) is 1. The van der Waals surface area contributed by atoms with Gasteiger partial charge in [-0.1, -0.05) is 0 Å². The Morgan fingerprint density at radius 2 is 1.95 bits per heavy atom. The number of amides is 1. The largest absolute Gasteiger partial charge is 0.393 e. The van der Waals surface area contributed by atoms with E-state index in [0.717, 1.165) is 19.5 Å². The van der Waals surface area contributed by atoms with Gasteiger partial charge >= 0.3 is 0 Å². The maximum Gasteiger partial charge on any atom is 0.236 e. The van der Waals surface area contributed by atoms with E-state index < -0.39 is 0 Å². The van der Waals surface area contributed by atoms with E-state index in [0.29, 0.717) is 25.6 Å². The maximum atomic E-state index is 12.3. The van der Waals surface area contributed by atoms with E-state index in [1.807, 2.05) is 25.7 Å². The van der Waals surface area contributed by atoms with Gasteiger partial charge in [0.15, 0.2) is 0 Å². The zero-order chi connectivity index (χ0) is 14.0. The SMILES string of the molecule is CC1CN(C(=O)CN2CCC(C(C)O)C2)CC(C)O1. The first-order valence-electron chi connectivity index (χ1n) is 7.29. The van der Waals surface area contributed by atoms with Crippen molar-refractivity contribution < 1.29 is 14.6 Å². The minimum Gasteiger partial charge on any atom is -0.393 e. The van der Waals surface area contributed by atoms with Gasteiger partial charge in [0.05, 0.1) is 24.9 Å². The molecule has 2 aliphatic rings. The molecule has 4 atom stereocenters. The predicted molar refractivity (Wildman–Crippen MR) is 72.8 cm³/mol. The van der Waals surface area contributed by atoms with E-state index in [2.05, 4.69) is 4.90 Å². The summed E-state index contributed by atoms with van der Waals surface area (Å²) in [4.78, 5) is 16.4. The molecule has 0 radical (unpaired) electrons. The molecule has 4 unspecified atom stereocenters. The van der Waals surface area contributed by atoms with E-state index >= 15 is 0 Å². The van der Waals surface area contributed by atoms with Gasteiger partial charge in [0.1, 0.15) is 0 Å². The summed E-state index contributed by atoms with van der Waals surface area (Å²) in [7, 11) is 0. The van der Waals surface area contributed by atoms with Crippen molar-refractivity contribution in [2.75, 3.05) is 32.7 Å². The molecule has 2 heterocycles. The molecule has 2 aliphatic heterocycles. The molecule has 2 fully saturated rings. The Labute approximate surface area is 115 Å². The van der Waals surface area contributed by atoms with Gasteiger partial charge in [-0.25, -0.2) is 0 Å². The summed E-state index contributed by atoms with van der Waals surface area (Å²) < 4.78 is 5.64. The lowest BCUT2D eigenvalue weighted by molar-refractivity contribution is -0.144. The van der Waals surface area contributed by atoms with Gasteiger partial charge in [0, 0.05) is 19.6 Å². The van der Waals surface area contributed by atoms with E-state index in [-0.39, 0.29) is 24.2 Å². The zero-order valence-electron chi connectivity index (χ0n) is 12.2. The van der Waals surface area contributed by atoms with Crippen LogP contribution < -0.4 is 0 Å². The van der Waals surface area contributed by atoms with Crippen molar-refractivity contribution >= 4 is 5.91 Å². The molecule has 110 valence electrons. The molecule has 0 aromatic rings. The number of morpholine rings is 1. The van der Waals surface area contributed by atoms with Crippen molar-refractivity contribution in [2.24, 2.45) is 5.92 Å². The van der Waals surface area contributed by atoms with Crippen molar-refractivity contribution in [1.29, 1.82) is 0 Å². The van der Waals surface area contributed by atoms with Gasteiger partial charge in [-0.05, 0) is 39.7 Å². The Morgan fingerprint density at radius 1 is 1.32 bits per heavy atom. The van der Waals surface area contributed by atoms with Crippen LogP contribution in [0.3, 0.4) is 0 Å². The highest BCUT2D eigenvalue weighted by molar-refractivity contribution is 5.78. The van der Waals surface area contributed by atoms with Gasteiger partial charge < -0.3 is 14.7 Å². The first-order valence-corrected chi connectivity index (χ1v) is 7.29. The van der Waals surface area contributed by atoms with Crippen molar-refractivity contribution in [3.05, 3.63) is 0 Å². The highest BCUT2D eigenvalue weighted by Crippen LogP contribution is 2.20. The summed E-state index contributed by atoms with van der Waals surface area (Å²) in [5.74, 6) is 0.503. The number of nitrogens with zero attached hydrogens (tertiary/aromatic N) is 2. The number of aliphatic hydroxyl groups is 1. The standard InChI is InChI=1S/C14H26N2O3/c1-10-6-16(7-11(2)19-10)14(18)9-15-5-4-13(8-15)12(3)17/h10-13,17H,4-9H2,1-3H3. The molecule has 2 saturated heterocycles. The minimum absolute atomic E-state index is 0.122.